The van der Waals surface area contributed by atoms with Crippen molar-refractivity contribution in [1.82, 2.24) is 10.2 Å². The Morgan fingerprint density at radius 1 is 1.18 bits per heavy atom. The zero-order valence-electron chi connectivity index (χ0n) is 12.7. The van der Waals surface area contributed by atoms with Crippen LogP contribution in [0, 0.1) is 5.92 Å². The number of ether oxygens (including phenoxy) is 1. The number of benzene rings is 1. The van der Waals surface area contributed by atoms with E-state index in [0.29, 0.717) is 16.9 Å². The van der Waals surface area contributed by atoms with Crippen LogP contribution in [-0.2, 0) is 0 Å². The SMILES string of the molecule is CC(C)CCOc1ccc(C=NNc2ccc(Cl)nn2)cc1. The van der Waals surface area contributed by atoms with Crippen molar-refractivity contribution >= 4 is 23.6 Å². The third-order valence-corrected chi connectivity index (χ3v) is 3.07. The van der Waals surface area contributed by atoms with Gasteiger partial charge in [0.05, 0.1) is 12.8 Å². The van der Waals surface area contributed by atoms with E-state index in [1.165, 1.54) is 0 Å². The van der Waals surface area contributed by atoms with Crippen LogP contribution < -0.4 is 10.2 Å². The summed E-state index contributed by atoms with van der Waals surface area (Å²) >= 11 is 5.66. The Morgan fingerprint density at radius 3 is 2.59 bits per heavy atom. The molecule has 116 valence electrons. The molecule has 1 aromatic carbocycles. The minimum Gasteiger partial charge on any atom is -0.494 e. The molecule has 2 aromatic rings. The predicted octanol–water partition coefficient (Wildman–Crippen LogP) is 4.00. The van der Waals surface area contributed by atoms with E-state index in [2.05, 4.69) is 34.6 Å². The van der Waals surface area contributed by atoms with E-state index in [0.717, 1.165) is 24.3 Å². The van der Waals surface area contributed by atoms with Gasteiger partial charge in [-0.15, -0.1) is 10.2 Å². The molecule has 1 heterocycles. The first kappa shape index (κ1) is 16.2. The van der Waals surface area contributed by atoms with Gasteiger partial charge in [0, 0.05) is 0 Å². The molecule has 0 saturated heterocycles. The van der Waals surface area contributed by atoms with E-state index < -0.39 is 0 Å². The lowest BCUT2D eigenvalue weighted by molar-refractivity contribution is 0.289. The fraction of sp³-hybridized carbons (Fsp3) is 0.312. The number of anilines is 1. The normalized spacial score (nSPS) is 11.1. The van der Waals surface area contributed by atoms with Crippen molar-refractivity contribution in [3.8, 4) is 5.75 Å². The van der Waals surface area contributed by atoms with Gasteiger partial charge in [0.15, 0.2) is 11.0 Å². The summed E-state index contributed by atoms with van der Waals surface area (Å²) in [6.07, 6.45) is 2.75. The molecule has 6 heteroatoms. The lowest BCUT2D eigenvalue weighted by Crippen LogP contribution is -2.01. The summed E-state index contributed by atoms with van der Waals surface area (Å²) in [5.41, 5.74) is 3.75. The molecule has 0 saturated carbocycles. The van der Waals surface area contributed by atoms with Crippen molar-refractivity contribution in [1.29, 1.82) is 0 Å². The molecular weight excluding hydrogens is 300 g/mol. The summed E-state index contributed by atoms with van der Waals surface area (Å²) < 4.78 is 5.67. The Labute approximate surface area is 135 Å². The first-order valence-corrected chi connectivity index (χ1v) is 7.52. The highest BCUT2D eigenvalue weighted by atomic mass is 35.5. The van der Waals surface area contributed by atoms with Gasteiger partial charge in [0.25, 0.3) is 0 Å². The van der Waals surface area contributed by atoms with E-state index >= 15 is 0 Å². The van der Waals surface area contributed by atoms with E-state index in [1.54, 1.807) is 18.3 Å². The summed E-state index contributed by atoms with van der Waals surface area (Å²) in [5.74, 6) is 2.05. The zero-order valence-corrected chi connectivity index (χ0v) is 13.4. The van der Waals surface area contributed by atoms with Gasteiger partial charge < -0.3 is 4.74 Å². The van der Waals surface area contributed by atoms with Crippen LogP contribution in [0.25, 0.3) is 0 Å². The zero-order chi connectivity index (χ0) is 15.8. The van der Waals surface area contributed by atoms with Crippen LogP contribution in [-0.4, -0.2) is 23.0 Å². The number of halogens is 1. The first-order chi connectivity index (χ1) is 10.6. The van der Waals surface area contributed by atoms with E-state index in [4.69, 9.17) is 16.3 Å². The van der Waals surface area contributed by atoms with Gasteiger partial charge >= 0.3 is 0 Å². The highest BCUT2D eigenvalue weighted by molar-refractivity contribution is 6.29. The fourth-order valence-electron chi connectivity index (χ4n) is 1.61. The Bertz CT molecular complexity index is 597. The summed E-state index contributed by atoms with van der Waals surface area (Å²) in [6.45, 7) is 5.10. The molecule has 2 rings (SSSR count). The standard InChI is InChI=1S/C16H19ClN4O/c1-12(2)9-10-22-14-5-3-13(4-6-14)11-18-20-16-8-7-15(17)19-21-16/h3-8,11-12H,9-10H2,1-2H3,(H,20,21). The second-order valence-electron chi connectivity index (χ2n) is 5.21. The highest BCUT2D eigenvalue weighted by Crippen LogP contribution is 2.12. The highest BCUT2D eigenvalue weighted by Gasteiger charge is 1.97. The summed E-state index contributed by atoms with van der Waals surface area (Å²) in [5, 5.41) is 12.0. The maximum Gasteiger partial charge on any atom is 0.168 e. The smallest absolute Gasteiger partial charge is 0.168 e. The van der Waals surface area contributed by atoms with Gasteiger partial charge in [0.2, 0.25) is 0 Å². The summed E-state index contributed by atoms with van der Waals surface area (Å²) in [6, 6.07) is 11.1. The van der Waals surface area contributed by atoms with Crippen molar-refractivity contribution in [3.63, 3.8) is 0 Å². The summed E-state index contributed by atoms with van der Waals surface area (Å²) in [4.78, 5) is 0. The fourth-order valence-corrected chi connectivity index (χ4v) is 1.71. The van der Waals surface area contributed by atoms with Crippen LogP contribution in [0.15, 0.2) is 41.5 Å². The van der Waals surface area contributed by atoms with Gasteiger partial charge in [-0.1, -0.05) is 25.4 Å². The molecule has 0 atom stereocenters. The lowest BCUT2D eigenvalue weighted by Gasteiger charge is -2.07. The van der Waals surface area contributed by atoms with Crippen LogP contribution in [0.2, 0.25) is 5.15 Å². The van der Waals surface area contributed by atoms with Crippen molar-refractivity contribution < 1.29 is 4.74 Å². The van der Waals surface area contributed by atoms with Crippen LogP contribution >= 0.6 is 11.6 Å². The average Bonchev–Trinajstić information content (AvgIpc) is 2.50. The number of hydrogen-bond donors (Lipinski definition) is 1. The predicted molar refractivity (Wildman–Crippen MR) is 89.7 cm³/mol. The second-order valence-corrected chi connectivity index (χ2v) is 5.60. The van der Waals surface area contributed by atoms with Crippen molar-refractivity contribution in [2.75, 3.05) is 12.0 Å². The molecule has 1 aromatic heterocycles. The molecular formula is C16H19ClN4O. The Morgan fingerprint density at radius 2 is 1.95 bits per heavy atom. The quantitative estimate of drug-likeness (QED) is 0.619. The second kappa shape index (κ2) is 8.34. The van der Waals surface area contributed by atoms with Gasteiger partial charge in [-0.05, 0) is 54.3 Å². The molecule has 0 aliphatic rings. The topological polar surface area (TPSA) is 59.4 Å². The molecule has 0 fully saturated rings. The molecule has 0 unspecified atom stereocenters. The monoisotopic (exact) mass is 318 g/mol. The maximum atomic E-state index is 5.67. The molecule has 1 N–H and O–H groups in total. The van der Waals surface area contributed by atoms with Crippen LogP contribution in [0.4, 0.5) is 5.82 Å². The summed E-state index contributed by atoms with van der Waals surface area (Å²) in [7, 11) is 0. The van der Waals surface area contributed by atoms with Crippen LogP contribution in [0.3, 0.4) is 0 Å². The lowest BCUT2D eigenvalue weighted by atomic mass is 10.1. The molecule has 22 heavy (non-hydrogen) atoms. The number of rotatable bonds is 7. The molecule has 0 aliphatic heterocycles. The maximum absolute atomic E-state index is 5.67. The number of hydrazone groups is 1. The van der Waals surface area contributed by atoms with Crippen molar-refractivity contribution in [2.24, 2.45) is 11.0 Å². The molecule has 0 spiro atoms. The van der Waals surface area contributed by atoms with Crippen LogP contribution in [0.5, 0.6) is 5.75 Å². The largest absolute Gasteiger partial charge is 0.494 e. The minimum absolute atomic E-state index is 0.350. The van der Waals surface area contributed by atoms with Gasteiger partial charge in [-0.2, -0.15) is 5.10 Å². The minimum atomic E-state index is 0.350. The third kappa shape index (κ3) is 5.69. The number of hydrogen-bond acceptors (Lipinski definition) is 5. The molecule has 0 bridgehead atoms. The van der Waals surface area contributed by atoms with Gasteiger partial charge in [0.1, 0.15) is 5.75 Å². The average molecular weight is 319 g/mol. The number of nitrogens with one attached hydrogen (secondary N) is 1. The van der Waals surface area contributed by atoms with E-state index in [-0.39, 0.29) is 0 Å². The van der Waals surface area contributed by atoms with E-state index in [1.807, 2.05) is 24.3 Å². The molecule has 0 amide bonds. The van der Waals surface area contributed by atoms with Gasteiger partial charge in [-0.25, -0.2) is 0 Å². The molecule has 5 nitrogen and oxygen atoms in total. The Hall–Kier alpha value is -2.14. The molecule has 0 aliphatic carbocycles. The van der Waals surface area contributed by atoms with Crippen LogP contribution in [0.1, 0.15) is 25.8 Å². The Kier molecular flexibility index (Phi) is 6.15. The molecule has 0 radical (unpaired) electrons. The third-order valence-electron chi connectivity index (χ3n) is 2.87. The number of aromatic nitrogens is 2. The van der Waals surface area contributed by atoms with Crippen molar-refractivity contribution in [2.45, 2.75) is 20.3 Å². The first-order valence-electron chi connectivity index (χ1n) is 7.14. The van der Waals surface area contributed by atoms with Gasteiger partial charge in [-0.3, -0.25) is 5.43 Å². The Balaban J connectivity index is 1.82. The number of nitrogens with zero attached hydrogens (tertiary/aromatic N) is 3. The van der Waals surface area contributed by atoms with Crippen molar-refractivity contribution in [3.05, 3.63) is 47.1 Å². The van der Waals surface area contributed by atoms with E-state index in [9.17, 15) is 0 Å².